The molecule has 1 aliphatic carbocycles. The zero-order valence-electron chi connectivity index (χ0n) is 15.6. The fourth-order valence-electron chi connectivity index (χ4n) is 3.76. The average molecular weight is 380 g/mol. The standard InChI is InChI=1S/C22H24N2O4/c25-21(17-12-10-16(11-13-17)15-6-2-1-3-7-15)23-24-22(26)20-14-27-18-8-4-5-9-19(18)28-20/h4-5,8-13,15,20H,1-3,6-7,14H2,(H,23,25)(H,24,26). The van der Waals surface area contributed by atoms with Crippen LogP contribution in [0, 0.1) is 0 Å². The number of ether oxygens (including phenoxy) is 2. The summed E-state index contributed by atoms with van der Waals surface area (Å²) >= 11 is 0. The number of carbonyl (C=O) groups excluding carboxylic acids is 2. The highest BCUT2D eigenvalue weighted by Crippen LogP contribution is 2.32. The molecule has 2 aromatic rings. The monoisotopic (exact) mass is 380 g/mol. The maximum absolute atomic E-state index is 12.3. The van der Waals surface area contributed by atoms with Gasteiger partial charge in [0.2, 0.25) is 6.10 Å². The molecular weight excluding hydrogens is 356 g/mol. The lowest BCUT2D eigenvalue weighted by Gasteiger charge is -2.25. The van der Waals surface area contributed by atoms with E-state index in [0.29, 0.717) is 23.0 Å². The van der Waals surface area contributed by atoms with Crippen LogP contribution in [0.2, 0.25) is 0 Å². The van der Waals surface area contributed by atoms with Gasteiger partial charge < -0.3 is 9.47 Å². The molecule has 2 N–H and O–H groups in total. The Balaban J connectivity index is 1.30. The topological polar surface area (TPSA) is 76.7 Å². The molecule has 0 radical (unpaired) electrons. The van der Waals surface area contributed by atoms with E-state index < -0.39 is 12.0 Å². The van der Waals surface area contributed by atoms with Crippen molar-refractivity contribution in [1.82, 2.24) is 10.9 Å². The van der Waals surface area contributed by atoms with Crippen molar-refractivity contribution in [2.45, 2.75) is 44.1 Å². The molecule has 1 heterocycles. The highest BCUT2D eigenvalue weighted by molar-refractivity contribution is 5.95. The number of nitrogens with one attached hydrogen (secondary N) is 2. The van der Waals surface area contributed by atoms with Crippen LogP contribution < -0.4 is 20.3 Å². The van der Waals surface area contributed by atoms with Crippen molar-refractivity contribution < 1.29 is 19.1 Å². The summed E-state index contributed by atoms with van der Waals surface area (Å²) in [7, 11) is 0. The first-order valence-electron chi connectivity index (χ1n) is 9.79. The molecule has 0 spiro atoms. The highest BCUT2D eigenvalue weighted by atomic mass is 16.6. The largest absolute Gasteiger partial charge is 0.485 e. The Morgan fingerprint density at radius 2 is 1.57 bits per heavy atom. The Morgan fingerprint density at radius 3 is 2.32 bits per heavy atom. The van der Waals surface area contributed by atoms with E-state index in [0.717, 1.165) is 0 Å². The third kappa shape index (κ3) is 4.11. The molecule has 0 aromatic heterocycles. The number of benzene rings is 2. The van der Waals surface area contributed by atoms with Crippen molar-refractivity contribution in [2.75, 3.05) is 6.61 Å². The summed E-state index contributed by atoms with van der Waals surface area (Å²) in [6, 6.07) is 14.8. The van der Waals surface area contributed by atoms with E-state index in [1.165, 1.54) is 37.7 Å². The quantitative estimate of drug-likeness (QED) is 0.801. The predicted octanol–water partition coefficient (Wildman–Crippen LogP) is 3.34. The van der Waals surface area contributed by atoms with E-state index in [9.17, 15) is 9.59 Å². The van der Waals surface area contributed by atoms with Crippen LogP contribution in [0.5, 0.6) is 11.5 Å². The predicted molar refractivity (Wildman–Crippen MR) is 104 cm³/mol. The molecule has 4 rings (SSSR count). The SMILES string of the molecule is O=C(NNC(=O)C1COc2ccccc2O1)c1ccc(C2CCCCC2)cc1. The smallest absolute Gasteiger partial charge is 0.283 e. The van der Waals surface area contributed by atoms with Gasteiger partial charge in [0.05, 0.1) is 0 Å². The maximum Gasteiger partial charge on any atom is 0.283 e. The molecule has 6 nitrogen and oxygen atoms in total. The van der Waals surface area contributed by atoms with Crippen LogP contribution in [0.3, 0.4) is 0 Å². The second-order valence-corrected chi connectivity index (χ2v) is 7.26. The number of hydrogen-bond acceptors (Lipinski definition) is 4. The summed E-state index contributed by atoms with van der Waals surface area (Å²) in [5.74, 6) is 0.895. The molecule has 1 saturated carbocycles. The van der Waals surface area contributed by atoms with Gasteiger partial charge in [-0.1, -0.05) is 43.5 Å². The molecule has 6 heteroatoms. The van der Waals surface area contributed by atoms with Gasteiger partial charge in [0.25, 0.3) is 11.8 Å². The molecule has 1 unspecified atom stereocenters. The van der Waals surface area contributed by atoms with Crippen molar-refractivity contribution >= 4 is 11.8 Å². The molecule has 2 aromatic carbocycles. The van der Waals surface area contributed by atoms with Gasteiger partial charge in [-0.15, -0.1) is 0 Å². The summed E-state index contributed by atoms with van der Waals surface area (Å²) in [6.45, 7) is 0.0921. The Labute approximate surface area is 164 Å². The van der Waals surface area contributed by atoms with Crippen LogP contribution >= 0.6 is 0 Å². The third-order valence-electron chi connectivity index (χ3n) is 5.35. The van der Waals surface area contributed by atoms with Crippen LogP contribution in [-0.2, 0) is 4.79 Å². The zero-order chi connectivity index (χ0) is 19.3. The van der Waals surface area contributed by atoms with Gasteiger partial charge in [-0.25, -0.2) is 0 Å². The lowest BCUT2D eigenvalue weighted by molar-refractivity contribution is -0.131. The first kappa shape index (κ1) is 18.3. The van der Waals surface area contributed by atoms with Crippen LogP contribution in [-0.4, -0.2) is 24.5 Å². The Morgan fingerprint density at radius 1 is 0.857 bits per heavy atom. The summed E-state index contributed by atoms with van der Waals surface area (Å²) in [6.07, 6.45) is 5.48. The van der Waals surface area contributed by atoms with Crippen molar-refractivity contribution in [3.05, 3.63) is 59.7 Å². The van der Waals surface area contributed by atoms with Gasteiger partial charge in [-0.05, 0) is 48.6 Å². The van der Waals surface area contributed by atoms with Crippen LogP contribution in [0.25, 0.3) is 0 Å². The Kier molecular flexibility index (Phi) is 5.46. The van der Waals surface area contributed by atoms with Crippen LogP contribution in [0.1, 0.15) is 53.9 Å². The average Bonchev–Trinajstić information content (AvgIpc) is 2.77. The van der Waals surface area contributed by atoms with Gasteiger partial charge in [-0.2, -0.15) is 0 Å². The minimum atomic E-state index is -0.816. The highest BCUT2D eigenvalue weighted by Gasteiger charge is 2.27. The fourth-order valence-corrected chi connectivity index (χ4v) is 3.76. The van der Waals surface area contributed by atoms with Crippen molar-refractivity contribution in [3.8, 4) is 11.5 Å². The minimum Gasteiger partial charge on any atom is -0.485 e. The lowest BCUT2D eigenvalue weighted by atomic mass is 9.84. The third-order valence-corrected chi connectivity index (χ3v) is 5.35. The first-order valence-corrected chi connectivity index (χ1v) is 9.79. The maximum atomic E-state index is 12.3. The lowest BCUT2D eigenvalue weighted by Crippen LogP contribution is -2.50. The molecular formula is C22H24N2O4. The van der Waals surface area contributed by atoms with E-state index in [1.54, 1.807) is 18.2 Å². The number of amides is 2. The summed E-state index contributed by atoms with van der Waals surface area (Å²) in [4.78, 5) is 24.6. The van der Waals surface area contributed by atoms with Gasteiger partial charge in [-0.3, -0.25) is 20.4 Å². The minimum absolute atomic E-state index is 0.0921. The van der Waals surface area contributed by atoms with Crippen molar-refractivity contribution in [3.63, 3.8) is 0 Å². The van der Waals surface area contributed by atoms with Gasteiger partial charge in [0.1, 0.15) is 6.61 Å². The van der Waals surface area contributed by atoms with E-state index >= 15 is 0 Å². The van der Waals surface area contributed by atoms with E-state index in [1.807, 2.05) is 30.3 Å². The summed E-state index contributed by atoms with van der Waals surface area (Å²) < 4.78 is 11.1. The zero-order valence-corrected chi connectivity index (χ0v) is 15.6. The summed E-state index contributed by atoms with van der Waals surface area (Å²) in [5, 5.41) is 0. The number of hydrazine groups is 1. The molecule has 1 aliphatic heterocycles. The van der Waals surface area contributed by atoms with Crippen LogP contribution in [0.4, 0.5) is 0 Å². The second-order valence-electron chi connectivity index (χ2n) is 7.26. The van der Waals surface area contributed by atoms with Crippen molar-refractivity contribution in [1.29, 1.82) is 0 Å². The number of para-hydroxylation sites is 2. The molecule has 28 heavy (non-hydrogen) atoms. The Bertz CT molecular complexity index is 844. The van der Waals surface area contributed by atoms with Gasteiger partial charge >= 0.3 is 0 Å². The molecule has 0 bridgehead atoms. The molecule has 1 atom stereocenters. The fraction of sp³-hybridized carbons (Fsp3) is 0.364. The molecule has 2 aliphatic rings. The van der Waals surface area contributed by atoms with E-state index in [2.05, 4.69) is 10.9 Å². The molecule has 1 fully saturated rings. The van der Waals surface area contributed by atoms with Gasteiger partial charge in [0, 0.05) is 5.56 Å². The number of carbonyl (C=O) groups is 2. The second kappa shape index (κ2) is 8.33. The normalized spacial score (nSPS) is 18.9. The van der Waals surface area contributed by atoms with E-state index in [4.69, 9.17) is 9.47 Å². The summed E-state index contributed by atoms with van der Waals surface area (Å²) in [5.41, 5.74) is 6.65. The van der Waals surface area contributed by atoms with E-state index in [-0.39, 0.29) is 12.5 Å². The number of hydrogen-bond donors (Lipinski definition) is 2. The molecule has 146 valence electrons. The van der Waals surface area contributed by atoms with Gasteiger partial charge in [0.15, 0.2) is 11.5 Å². The number of rotatable bonds is 3. The number of fused-ring (bicyclic) bond motifs is 1. The molecule has 0 saturated heterocycles. The Hall–Kier alpha value is -3.02. The molecule has 2 amide bonds. The first-order chi connectivity index (χ1) is 13.7. The van der Waals surface area contributed by atoms with Crippen molar-refractivity contribution in [2.24, 2.45) is 0 Å². The van der Waals surface area contributed by atoms with Crippen LogP contribution in [0.15, 0.2) is 48.5 Å².